The number of benzene rings is 2. The molecule has 0 radical (unpaired) electrons. The van der Waals surface area contributed by atoms with Crippen LogP contribution in [0.4, 0.5) is 4.79 Å². The van der Waals surface area contributed by atoms with Crippen LogP contribution in [0, 0.1) is 0 Å². The first kappa shape index (κ1) is 25.3. The Hall–Kier alpha value is -2.33. The van der Waals surface area contributed by atoms with E-state index in [9.17, 15) is 4.79 Å². The molecule has 1 amide bonds. The van der Waals surface area contributed by atoms with Crippen LogP contribution < -0.4 is 10.6 Å². The SMILES string of the molecule is CCOC(=O)N[C@H]1CN[C@@H](C(c2ccc(C3CCCCC3)cc2)c2ccc(C3CCCCC3)cc2)C1. The van der Waals surface area contributed by atoms with Gasteiger partial charge in [-0.3, -0.25) is 0 Å². The van der Waals surface area contributed by atoms with Gasteiger partial charge in [0.15, 0.2) is 0 Å². The van der Waals surface area contributed by atoms with Crippen LogP contribution in [-0.4, -0.2) is 31.3 Å². The second-order valence-electron chi connectivity index (χ2n) is 11.3. The van der Waals surface area contributed by atoms with Crippen molar-refractivity contribution in [2.45, 2.75) is 107 Å². The summed E-state index contributed by atoms with van der Waals surface area (Å²) < 4.78 is 5.13. The Morgan fingerprint density at radius 1 is 0.833 bits per heavy atom. The molecule has 0 aromatic heterocycles. The van der Waals surface area contributed by atoms with E-state index in [1.807, 2.05) is 6.92 Å². The van der Waals surface area contributed by atoms with E-state index < -0.39 is 0 Å². The summed E-state index contributed by atoms with van der Waals surface area (Å²) in [5, 5.41) is 6.79. The minimum Gasteiger partial charge on any atom is -0.450 e. The van der Waals surface area contributed by atoms with E-state index in [-0.39, 0.29) is 24.1 Å². The average molecular weight is 489 g/mol. The Morgan fingerprint density at radius 3 is 1.81 bits per heavy atom. The van der Waals surface area contributed by atoms with Gasteiger partial charge >= 0.3 is 6.09 Å². The molecule has 3 aliphatic rings. The molecule has 36 heavy (non-hydrogen) atoms. The summed E-state index contributed by atoms with van der Waals surface area (Å²) in [6.45, 7) is 3.03. The Kier molecular flexibility index (Phi) is 8.63. The van der Waals surface area contributed by atoms with Crippen LogP contribution in [-0.2, 0) is 4.74 Å². The first-order valence-electron chi connectivity index (χ1n) is 14.6. The highest BCUT2D eigenvalue weighted by Crippen LogP contribution is 2.38. The lowest BCUT2D eigenvalue weighted by Gasteiger charge is -2.28. The minimum absolute atomic E-state index is 0.0968. The van der Waals surface area contributed by atoms with Crippen molar-refractivity contribution in [1.29, 1.82) is 0 Å². The normalized spacial score (nSPS) is 23.6. The first-order chi connectivity index (χ1) is 17.7. The molecule has 4 nitrogen and oxygen atoms in total. The molecule has 4 heteroatoms. The Bertz CT molecular complexity index is 897. The van der Waals surface area contributed by atoms with Crippen molar-refractivity contribution in [3.8, 4) is 0 Å². The van der Waals surface area contributed by atoms with Crippen LogP contribution in [0.5, 0.6) is 0 Å². The predicted octanol–water partition coefficient (Wildman–Crippen LogP) is 7.39. The molecule has 5 rings (SSSR count). The number of alkyl carbamates (subject to hydrolysis) is 1. The molecule has 2 aromatic rings. The fourth-order valence-electron chi connectivity index (χ4n) is 6.95. The van der Waals surface area contributed by atoms with Crippen LogP contribution in [0.2, 0.25) is 0 Å². The van der Waals surface area contributed by atoms with Gasteiger partial charge in [0.25, 0.3) is 0 Å². The Balaban J connectivity index is 1.36. The smallest absolute Gasteiger partial charge is 0.407 e. The number of hydrogen-bond donors (Lipinski definition) is 2. The highest BCUT2D eigenvalue weighted by molar-refractivity contribution is 5.67. The van der Waals surface area contributed by atoms with Crippen molar-refractivity contribution >= 4 is 6.09 Å². The van der Waals surface area contributed by atoms with Gasteiger partial charge in [0.2, 0.25) is 0 Å². The molecule has 2 saturated carbocycles. The van der Waals surface area contributed by atoms with Crippen LogP contribution in [0.15, 0.2) is 48.5 Å². The molecule has 0 unspecified atom stereocenters. The molecule has 1 heterocycles. The van der Waals surface area contributed by atoms with Crippen molar-refractivity contribution in [3.05, 3.63) is 70.8 Å². The second kappa shape index (κ2) is 12.3. The number of ether oxygens (including phenoxy) is 1. The van der Waals surface area contributed by atoms with E-state index in [2.05, 4.69) is 59.2 Å². The Morgan fingerprint density at radius 2 is 1.33 bits per heavy atom. The van der Waals surface area contributed by atoms with Crippen LogP contribution in [0.25, 0.3) is 0 Å². The third-order valence-corrected chi connectivity index (χ3v) is 8.91. The zero-order chi connectivity index (χ0) is 24.7. The summed E-state index contributed by atoms with van der Waals surface area (Å²) in [6, 6.07) is 19.4. The number of rotatable bonds is 7. The highest BCUT2D eigenvalue weighted by atomic mass is 16.5. The Labute approximate surface area is 217 Å². The van der Waals surface area contributed by atoms with Crippen molar-refractivity contribution in [1.82, 2.24) is 10.6 Å². The lowest BCUT2D eigenvalue weighted by Crippen LogP contribution is -2.36. The van der Waals surface area contributed by atoms with E-state index >= 15 is 0 Å². The molecule has 0 bridgehead atoms. The molecular formula is C32H44N2O2. The molecule has 2 aliphatic carbocycles. The minimum atomic E-state index is -0.310. The molecule has 194 valence electrons. The van der Waals surface area contributed by atoms with E-state index in [0.717, 1.165) is 24.8 Å². The monoisotopic (exact) mass is 488 g/mol. The van der Waals surface area contributed by atoms with Gasteiger partial charge in [-0.15, -0.1) is 0 Å². The van der Waals surface area contributed by atoms with Crippen molar-refractivity contribution < 1.29 is 9.53 Å². The number of amides is 1. The van der Waals surface area contributed by atoms with Crippen molar-refractivity contribution in [2.24, 2.45) is 0 Å². The number of carbonyl (C=O) groups excluding carboxylic acids is 1. The number of carbonyl (C=O) groups is 1. The summed E-state index contributed by atoms with van der Waals surface area (Å²) in [5.41, 5.74) is 5.75. The first-order valence-corrected chi connectivity index (χ1v) is 14.6. The molecule has 2 atom stereocenters. The second-order valence-corrected chi connectivity index (χ2v) is 11.3. The summed E-state index contributed by atoms with van der Waals surface area (Å²) in [4.78, 5) is 12.0. The predicted molar refractivity (Wildman–Crippen MR) is 147 cm³/mol. The van der Waals surface area contributed by atoms with Gasteiger partial charge in [0.1, 0.15) is 0 Å². The molecule has 1 saturated heterocycles. The van der Waals surface area contributed by atoms with Gasteiger partial charge in [0, 0.05) is 24.5 Å². The molecule has 3 fully saturated rings. The molecule has 2 N–H and O–H groups in total. The molecule has 1 aliphatic heterocycles. The van der Waals surface area contributed by atoms with E-state index in [4.69, 9.17) is 4.74 Å². The van der Waals surface area contributed by atoms with E-state index in [0.29, 0.717) is 6.61 Å². The van der Waals surface area contributed by atoms with E-state index in [1.54, 1.807) is 0 Å². The summed E-state index contributed by atoms with van der Waals surface area (Å²) in [7, 11) is 0. The summed E-state index contributed by atoms with van der Waals surface area (Å²) in [6.07, 6.45) is 14.2. The quantitative estimate of drug-likeness (QED) is 0.427. The van der Waals surface area contributed by atoms with Gasteiger partial charge in [-0.25, -0.2) is 4.79 Å². The summed E-state index contributed by atoms with van der Waals surface area (Å²) in [5.74, 6) is 1.72. The third kappa shape index (κ3) is 6.14. The molecular weight excluding hydrogens is 444 g/mol. The lowest BCUT2D eigenvalue weighted by atomic mass is 9.79. The van der Waals surface area contributed by atoms with Crippen molar-refractivity contribution in [2.75, 3.05) is 13.2 Å². The molecule has 0 spiro atoms. The standard InChI is InChI=1S/C32H44N2O2/c1-2-36-32(35)34-29-21-30(33-22-29)31(27-17-13-25(14-18-27)23-9-5-3-6-10-23)28-19-15-26(16-20-28)24-11-7-4-8-12-24/h13-20,23-24,29-31,33H,2-12,21-22H2,1H3,(H,34,35)/t29-,30-/m1/s1. The molecule has 2 aromatic carbocycles. The third-order valence-electron chi connectivity index (χ3n) is 8.91. The topological polar surface area (TPSA) is 50.4 Å². The zero-order valence-corrected chi connectivity index (χ0v) is 22.0. The highest BCUT2D eigenvalue weighted by Gasteiger charge is 2.33. The maximum absolute atomic E-state index is 12.0. The number of nitrogens with one attached hydrogen (secondary N) is 2. The van der Waals surface area contributed by atoms with Gasteiger partial charge in [-0.05, 0) is 73.1 Å². The largest absolute Gasteiger partial charge is 0.450 e. The maximum atomic E-state index is 12.0. The average Bonchev–Trinajstić information content (AvgIpc) is 3.38. The van der Waals surface area contributed by atoms with Crippen molar-refractivity contribution in [3.63, 3.8) is 0 Å². The van der Waals surface area contributed by atoms with Crippen LogP contribution in [0.1, 0.15) is 118 Å². The van der Waals surface area contributed by atoms with Gasteiger partial charge in [-0.2, -0.15) is 0 Å². The maximum Gasteiger partial charge on any atom is 0.407 e. The van der Waals surface area contributed by atoms with Gasteiger partial charge in [-0.1, -0.05) is 87.1 Å². The van der Waals surface area contributed by atoms with Crippen LogP contribution in [0.3, 0.4) is 0 Å². The number of hydrogen-bond acceptors (Lipinski definition) is 3. The van der Waals surface area contributed by atoms with Gasteiger partial charge < -0.3 is 15.4 Å². The lowest BCUT2D eigenvalue weighted by molar-refractivity contribution is 0.148. The summed E-state index contributed by atoms with van der Waals surface area (Å²) >= 11 is 0. The van der Waals surface area contributed by atoms with E-state index in [1.165, 1.54) is 86.5 Å². The van der Waals surface area contributed by atoms with Gasteiger partial charge in [0.05, 0.1) is 6.61 Å². The van der Waals surface area contributed by atoms with Crippen LogP contribution >= 0.6 is 0 Å². The fraction of sp³-hybridized carbons (Fsp3) is 0.594. The zero-order valence-electron chi connectivity index (χ0n) is 22.0. The fourth-order valence-corrected chi connectivity index (χ4v) is 6.95.